The zero-order chi connectivity index (χ0) is 25.4. The molecule has 0 bridgehead atoms. The molecule has 0 fully saturated rings. The fourth-order valence-corrected chi connectivity index (χ4v) is 3.57. The average Bonchev–Trinajstić information content (AvgIpc) is 2.82. The first-order chi connectivity index (χ1) is 16.8. The minimum Gasteiger partial charge on any atom is -0.423 e. The Kier molecular flexibility index (Phi) is 8.80. The van der Waals surface area contributed by atoms with Gasteiger partial charge in [-0.05, 0) is 77.7 Å². The number of aliphatic hydroxyl groups is 1. The van der Waals surface area contributed by atoms with E-state index in [2.05, 4.69) is 0 Å². The lowest BCUT2D eigenvalue weighted by Crippen LogP contribution is -2.13. The van der Waals surface area contributed by atoms with Gasteiger partial charge in [-0.25, -0.2) is 9.59 Å². The summed E-state index contributed by atoms with van der Waals surface area (Å²) in [6.45, 7) is 0.521. The number of carbonyl (C=O) groups is 2. The lowest BCUT2D eigenvalue weighted by atomic mass is 9.96. The van der Waals surface area contributed by atoms with Crippen molar-refractivity contribution in [3.05, 3.63) is 82.4 Å². The van der Waals surface area contributed by atoms with E-state index < -0.39 is 11.9 Å². The number of nitrogens with two attached hydrogens (primary N) is 2. The van der Waals surface area contributed by atoms with Crippen molar-refractivity contribution in [3.8, 4) is 11.5 Å². The van der Waals surface area contributed by atoms with Crippen LogP contribution in [0.2, 0.25) is 0 Å². The van der Waals surface area contributed by atoms with Gasteiger partial charge in [0.25, 0.3) is 0 Å². The topological polar surface area (TPSA) is 143 Å². The number of rotatable bonds is 10. The molecule has 3 aromatic carbocycles. The van der Waals surface area contributed by atoms with Gasteiger partial charge >= 0.3 is 11.9 Å². The highest BCUT2D eigenvalue weighted by Gasteiger charge is 2.17. The largest absolute Gasteiger partial charge is 0.423 e. The van der Waals surface area contributed by atoms with Crippen LogP contribution in [0.3, 0.4) is 0 Å². The lowest BCUT2D eigenvalue weighted by molar-refractivity contribution is 0.0719. The number of nitrogen functional groups attached to an aromatic ring is 2. The molecule has 0 saturated heterocycles. The van der Waals surface area contributed by atoms with Crippen LogP contribution in [0.4, 0.5) is 11.4 Å². The van der Waals surface area contributed by atoms with E-state index in [1.807, 2.05) is 0 Å². The second-order valence-corrected chi connectivity index (χ2v) is 7.75. The Labute approximate surface area is 203 Å². The summed E-state index contributed by atoms with van der Waals surface area (Å²) in [4.78, 5) is 25.2. The molecule has 0 spiro atoms. The fourth-order valence-electron chi connectivity index (χ4n) is 3.57. The number of methoxy groups -OCH3 is 2. The van der Waals surface area contributed by atoms with Crippen LogP contribution in [-0.2, 0) is 29.1 Å². The summed E-state index contributed by atoms with van der Waals surface area (Å²) in [6, 6.07) is 13.9. The third kappa shape index (κ3) is 6.80. The van der Waals surface area contributed by atoms with Crippen LogP contribution < -0.4 is 20.9 Å². The van der Waals surface area contributed by atoms with E-state index in [1.54, 1.807) is 26.4 Å². The predicted octanol–water partition coefficient (Wildman–Crippen LogP) is 3.12. The zero-order valence-electron chi connectivity index (χ0n) is 19.6. The smallest absolute Gasteiger partial charge is 0.343 e. The first-order valence-corrected chi connectivity index (χ1v) is 10.8. The third-order valence-corrected chi connectivity index (χ3v) is 5.10. The first-order valence-electron chi connectivity index (χ1n) is 10.8. The summed E-state index contributed by atoms with van der Waals surface area (Å²) < 4.78 is 21.4. The van der Waals surface area contributed by atoms with Crippen LogP contribution in [0.5, 0.6) is 11.5 Å². The van der Waals surface area contributed by atoms with Gasteiger partial charge in [-0.2, -0.15) is 0 Å². The molecule has 9 nitrogen and oxygen atoms in total. The highest BCUT2D eigenvalue weighted by Crippen LogP contribution is 2.24. The monoisotopic (exact) mass is 480 g/mol. The molecule has 0 aromatic heterocycles. The summed E-state index contributed by atoms with van der Waals surface area (Å²) in [6.07, 6.45) is 0.356. The number of benzene rings is 3. The fraction of sp³-hybridized carbons (Fsp3) is 0.231. The molecule has 5 N–H and O–H groups in total. The molecule has 3 rings (SSSR count). The summed E-state index contributed by atoms with van der Waals surface area (Å²) >= 11 is 0. The van der Waals surface area contributed by atoms with Crippen LogP contribution >= 0.6 is 0 Å². The van der Waals surface area contributed by atoms with Gasteiger partial charge in [0.15, 0.2) is 0 Å². The van der Waals surface area contributed by atoms with Crippen molar-refractivity contribution in [2.24, 2.45) is 0 Å². The van der Waals surface area contributed by atoms with Crippen molar-refractivity contribution < 1.29 is 33.6 Å². The average molecular weight is 481 g/mol. The summed E-state index contributed by atoms with van der Waals surface area (Å²) in [7, 11) is 3.14. The molecule has 35 heavy (non-hydrogen) atoms. The molecule has 9 heteroatoms. The standard InChI is InChI=1S/C26H28N2O7/c1-32-14-19-10-17(9-16(7-8-29)24(19)15-33-2)25(30)34-22-3-5-23(6-4-22)35-26(31)18-11-20(27)13-21(28)12-18/h3-6,9-13,29H,7-8,14-15,27-28H2,1-2H3. The molecule has 0 heterocycles. The number of carbonyl (C=O) groups excluding carboxylic acids is 2. The molecule has 0 radical (unpaired) electrons. The van der Waals surface area contributed by atoms with Crippen molar-refractivity contribution in [3.63, 3.8) is 0 Å². The van der Waals surface area contributed by atoms with Crippen molar-refractivity contribution >= 4 is 23.3 Å². The normalized spacial score (nSPS) is 10.7. The van der Waals surface area contributed by atoms with Crippen LogP contribution in [-0.4, -0.2) is 37.9 Å². The second-order valence-electron chi connectivity index (χ2n) is 7.75. The molecule has 0 aliphatic heterocycles. The van der Waals surface area contributed by atoms with Crippen molar-refractivity contribution in [2.75, 3.05) is 32.3 Å². The number of anilines is 2. The molecular formula is C26H28N2O7. The van der Waals surface area contributed by atoms with Gasteiger partial charge in [0, 0.05) is 32.2 Å². The molecular weight excluding hydrogens is 452 g/mol. The first kappa shape index (κ1) is 25.7. The summed E-state index contributed by atoms with van der Waals surface area (Å²) in [5.74, 6) is -0.675. The molecule has 0 aliphatic carbocycles. The quantitative estimate of drug-likeness (QED) is 0.226. The predicted molar refractivity (Wildman–Crippen MR) is 130 cm³/mol. The highest BCUT2D eigenvalue weighted by molar-refractivity contribution is 5.93. The van der Waals surface area contributed by atoms with E-state index in [0.29, 0.717) is 30.0 Å². The Hall–Kier alpha value is -3.92. The molecule has 3 aromatic rings. The minimum atomic E-state index is -0.619. The van der Waals surface area contributed by atoms with Crippen LogP contribution in [0.15, 0.2) is 54.6 Å². The number of hydrogen-bond acceptors (Lipinski definition) is 9. The van der Waals surface area contributed by atoms with Gasteiger partial charge in [-0.3, -0.25) is 0 Å². The van der Waals surface area contributed by atoms with Gasteiger partial charge in [-0.15, -0.1) is 0 Å². The number of hydrogen-bond donors (Lipinski definition) is 3. The highest BCUT2D eigenvalue weighted by atomic mass is 16.5. The van der Waals surface area contributed by atoms with Crippen molar-refractivity contribution in [1.29, 1.82) is 0 Å². The lowest BCUT2D eigenvalue weighted by Gasteiger charge is -2.16. The Morgan fingerprint density at radius 2 is 1.23 bits per heavy atom. The van der Waals surface area contributed by atoms with Gasteiger partial charge in [-0.1, -0.05) is 0 Å². The van der Waals surface area contributed by atoms with Gasteiger partial charge in [0.05, 0.1) is 24.3 Å². The summed E-state index contributed by atoms with van der Waals surface area (Å²) in [5.41, 5.74) is 15.1. The number of aliphatic hydroxyl groups excluding tert-OH is 1. The van der Waals surface area contributed by atoms with E-state index in [4.69, 9.17) is 30.4 Å². The van der Waals surface area contributed by atoms with Crippen LogP contribution in [0, 0.1) is 0 Å². The Morgan fingerprint density at radius 1 is 0.743 bits per heavy atom. The number of ether oxygens (including phenoxy) is 4. The Bertz CT molecular complexity index is 1150. The van der Waals surface area contributed by atoms with Crippen LogP contribution in [0.25, 0.3) is 0 Å². The summed E-state index contributed by atoms with van der Waals surface area (Å²) in [5, 5.41) is 9.45. The molecule has 0 amide bonds. The van der Waals surface area contributed by atoms with Gasteiger partial charge in [0.1, 0.15) is 11.5 Å². The van der Waals surface area contributed by atoms with Crippen molar-refractivity contribution in [1.82, 2.24) is 0 Å². The molecule has 0 saturated carbocycles. The maximum atomic E-state index is 12.8. The van der Waals surface area contributed by atoms with E-state index in [-0.39, 0.29) is 30.3 Å². The van der Waals surface area contributed by atoms with E-state index >= 15 is 0 Å². The van der Waals surface area contributed by atoms with E-state index in [1.165, 1.54) is 42.5 Å². The van der Waals surface area contributed by atoms with E-state index in [9.17, 15) is 14.7 Å². The molecule has 184 valence electrons. The van der Waals surface area contributed by atoms with E-state index in [0.717, 1.165) is 16.7 Å². The SMILES string of the molecule is COCc1cc(C(=O)Oc2ccc(OC(=O)c3cc(N)cc(N)c3)cc2)cc(CCO)c1COC. The third-order valence-electron chi connectivity index (χ3n) is 5.10. The second kappa shape index (κ2) is 12.0. The Balaban J connectivity index is 1.74. The molecule has 0 unspecified atom stereocenters. The maximum absolute atomic E-state index is 12.8. The van der Waals surface area contributed by atoms with Crippen LogP contribution in [0.1, 0.15) is 37.4 Å². The minimum absolute atomic E-state index is 0.0794. The molecule has 0 atom stereocenters. The maximum Gasteiger partial charge on any atom is 0.343 e. The van der Waals surface area contributed by atoms with Gasteiger partial charge in [0.2, 0.25) is 0 Å². The zero-order valence-corrected chi connectivity index (χ0v) is 19.6. The Morgan fingerprint density at radius 3 is 1.71 bits per heavy atom. The van der Waals surface area contributed by atoms with Gasteiger partial charge < -0.3 is 35.5 Å². The van der Waals surface area contributed by atoms with Crippen molar-refractivity contribution in [2.45, 2.75) is 19.6 Å². The molecule has 0 aliphatic rings. The number of esters is 2.